The summed E-state index contributed by atoms with van der Waals surface area (Å²) in [5, 5.41) is 3.53. The summed E-state index contributed by atoms with van der Waals surface area (Å²) >= 11 is 0. The predicted molar refractivity (Wildman–Crippen MR) is 83.6 cm³/mol. The van der Waals surface area contributed by atoms with Crippen LogP contribution in [0.3, 0.4) is 0 Å². The number of terminal acetylenes is 1. The van der Waals surface area contributed by atoms with Gasteiger partial charge in [-0.05, 0) is 52.4 Å². The highest BCUT2D eigenvalue weighted by Gasteiger charge is 2.30. The Hall–Kier alpha value is -0.560. The van der Waals surface area contributed by atoms with Gasteiger partial charge in [0.05, 0.1) is 18.8 Å². The van der Waals surface area contributed by atoms with Crippen molar-refractivity contribution in [3.8, 4) is 12.3 Å². The van der Waals surface area contributed by atoms with Crippen molar-refractivity contribution in [1.29, 1.82) is 0 Å². The molecule has 2 fully saturated rings. The lowest BCUT2D eigenvalue weighted by Crippen LogP contribution is -2.41. The first-order valence-electron chi connectivity index (χ1n) is 8.02. The van der Waals surface area contributed by atoms with Gasteiger partial charge in [0, 0.05) is 25.2 Å². The molecule has 3 nitrogen and oxygen atoms in total. The number of nitrogens with zero attached hydrogens (tertiary/aromatic N) is 1. The minimum atomic E-state index is 0.170. The molecule has 0 spiro atoms. The molecule has 3 heteroatoms. The van der Waals surface area contributed by atoms with Gasteiger partial charge in [-0.15, -0.1) is 6.42 Å². The molecule has 1 saturated heterocycles. The van der Waals surface area contributed by atoms with Gasteiger partial charge in [-0.25, -0.2) is 0 Å². The van der Waals surface area contributed by atoms with Crippen LogP contribution in [-0.2, 0) is 4.74 Å². The molecule has 114 valence electrons. The first-order chi connectivity index (χ1) is 9.46. The van der Waals surface area contributed by atoms with Crippen LogP contribution in [0.1, 0.15) is 46.5 Å². The van der Waals surface area contributed by atoms with Crippen LogP contribution in [0, 0.1) is 18.3 Å². The van der Waals surface area contributed by atoms with Crippen molar-refractivity contribution in [2.45, 2.75) is 64.2 Å². The molecule has 1 N–H and O–H groups in total. The highest BCUT2D eigenvalue weighted by molar-refractivity contribution is 4.91. The fourth-order valence-electron chi connectivity index (χ4n) is 2.77. The van der Waals surface area contributed by atoms with Crippen molar-refractivity contribution in [2.75, 3.05) is 26.2 Å². The molecule has 2 aliphatic rings. The van der Waals surface area contributed by atoms with Crippen LogP contribution >= 0.6 is 0 Å². The van der Waals surface area contributed by atoms with Gasteiger partial charge in [0.1, 0.15) is 0 Å². The van der Waals surface area contributed by atoms with Crippen molar-refractivity contribution < 1.29 is 4.74 Å². The van der Waals surface area contributed by atoms with Crippen LogP contribution in [0.2, 0.25) is 0 Å². The number of rotatable bonds is 7. The van der Waals surface area contributed by atoms with Crippen molar-refractivity contribution in [3.63, 3.8) is 0 Å². The molecular formula is C17H30N2O. The molecule has 0 radical (unpaired) electrons. The van der Waals surface area contributed by atoms with E-state index in [0.29, 0.717) is 12.2 Å². The summed E-state index contributed by atoms with van der Waals surface area (Å²) in [6.45, 7) is 10.5. The molecule has 2 rings (SSSR count). The third kappa shape index (κ3) is 5.83. The maximum atomic E-state index is 6.16. The highest BCUT2D eigenvalue weighted by Crippen LogP contribution is 2.30. The van der Waals surface area contributed by atoms with E-state index < -0.39 is 0 Å². The van der Waals surface area contributed by atoms with Crippen molar-refractivity contribution in [3.05, 3.63) is 0 Å². The van der Waals surface area contributed by atoms with E-state index in [1.165, 1.54) is 25.7 Å². The average molecular weight is 278 g/mol. The van der Waals surface area contributed by atoms with E-state index in [2.05, 4.69) is 36.9 Å². The predicted octanol–water partition coefficient (Wildman–Crippen LogP) is 2.27. The summed E-state index contributed by atoms with van der Waals surface area (Å²) < 4.78 is 6.16. The van der Waals surface area contributed by atoms with Crippen molar-refractivity contribution in [2.24, 2.45) is 5.92 Å². The molecule has 2 atom stereocenters. The van der Waals surface area contributed by atoms with E-state index >= 15 is 0 Å². The van der Waals surface area contributed by atoms with E-state index in [9.17, 15) is 0 Å². The smallest absolute Gasteiger partial charge is 0.0707 e. The standard InChI is InChI=1S/C17H30N2O/c1-5-10-19(12-14-6-7-14)13-16-9-8-15(20-16)11-18-17(2,3)4/h1,14-16,18H,6-13H2,2-4H3. The van der Waals surface area contributed by atoms with Gasteiger partial charge < -0.3 is 10.1 Å². The quantitative estimate of drug-likeness (QED) is 0.723. The summed E-state index contributed by atoms with van der Waals surface area (Å²) in [4.78, 5) is 2.40. The topological polar surface area (TPSA) is 24.5 Å². The molecule has 1 saturated carbocycles. The summed E-state index contributed by atoms with van der Waals surface area (Å²) in [5.41, 5.74) is 0.170. The normalized spacial score (nSPS) is 26.9. The Bertz CT molecular complexity index is 338. The Morgan fingerprint density at radius 2 is 1.85 bits per heavy atom. The summed E-state index contributed by atoms with van der Waals surface area (Å²) in [5.74, 6) is 3.68. The third-order valence-electron chi connectivity index (χ3n) is 4.05. The first kappa shape index (κ1) is 15.8. The zero-order valence-electron chi connectivity index (χ0n) is 13.3. The molecule has 2 unspecified atom stereocenters. The SMILES string of the molecule is C#CCN(CC1CC1)CC1CCC(CNC(C)(C)C)O1. The van der Waals surface area contributed by atoms with Gasteiger partial charge in [-0.2, -0.15) is 0 Å². The first-order valence-corrected chi connectivity index (χ1v) is 8.02. The lowest BCUT2D eigenvalue weighted by Gasteiger charge is -2.25. The van der Waals surface area contributed by atoms with Crippen molar-refractivity contribution in [1.82, 2.24) is 10.2 Å². The molecule has 0 aromatic rings. The van der Waals surface area contributed by atoms with Gasteiger partial charge in [-0.3, -0.25) is 4.90 Å². The average Bonchev–Trinajstić information content (AvgIpc) is 3.04. The Balaban J connectivity index is 1.69. The van der Waals surface area contributed by atoms with Crippen LogP contribution in [0.5, 0.6) is 0 Å². The number of hydrogen-bond acceptors (Lipinski definition) is 3. The molecule has 0 aromatic carbocycles. The zero-order valence-corrected chi connectivity index (χ0v) is 13.3. The molecule has 0 aromatic heterocycles. The maximum absolute atomic E-state index is 6.16. The second-order valence-corrected chi connectivity index (χ2v) is 7.43. The lowest BCUT2D eigenvalue weighted by molar-refractivity contribution is 0.0224. The lowest BCUT2D eigenvalue weighted by atomic mass is 10.1. The maximum Gasteiger partial charge on any atom is 0.0707 e. The van der Waals surface area contributed by atoms with Crippen LogP contribution < -0.4 is 5.32 Å². The zero-order chi connectivity index (χ0) is 14.6. The summed E-state index contributed by atoms with van der Waals surface area (Å²) in [6.07, 6.45) is 11.3. The minimum absolute atomic E-state index is 0.170. The Morgan fingerprint density at radius 3 is 2.45 bits per heavy atom. The Morgan fingerprint density at radius 1 is 1.15 bits per heavy atom. The van der Waals surface area contributed by atoms with E-state index in [4.69, 9.17) is 11.2 Å². The Kier molecular flexibility index (Phi) is 5.49. The number of hydrogen-bond donors (Lipinski definition) is 1. The Labute approximate surface area is 124 Å². The van der Waals surface area contributed by atoms with E-state index in [1.807, 2.05) is 0 Å². The minimum Gasteiger partial charge on any atom is -0.372 e. The van der Waals surface area contributed by atoms with Crippen LogP contribution in [0.4, 0.5) is 0 Å². The molecule has 1 aliphatic carbocycles. The van der Waals surface area contributed by atoms with Gasteiger partial charge >= 0.3 is 0 Å². The summed E-state index contributed by atoms with van der Waals surface area (Å²) in [7, 11) is 0. The van der Waals surface area contributed by atoms with Gasteiger partial charge in [-0.1, -0.05) is 5.92 Å². The largest absolute Gasteiger partial charge is 0.372 e. The highest BCUT2D eigenvalue weighted by atomic mass is 16.5. The van der Waals surface area contributed by atoms with Gasteiger partial charge in [0.25, 0.3) is 0 Å². The van der Waals surface area contributed by atoms with Crippen LogP contribution in [-0.4, -0.2) is 48.8 Å². The fourth-order valence-corrected chi connectivity index (χ4v) is 2.77. The molecule has 20 heavy (non-hydrogen) atoms. The van der Waals surface area contributed by atoms with Gasteiger partial charge in [0.15, 0.2) is 0 Å². The molecule has 1 aliphatic heterocycles. The second kappa shape index (κ2) is 6.93. The fraction of sp³-hybridized carbons (Fsp3) is 0.882. The third-order valence-corrected chi connectivity index (χ3v) is 4.05. The number of ether oxygens (including phenoxy) is 1. The molecule has 0 amide bonds. The molecule has 0 bridgehead atoms. The van der Waals surface area contributed by atoms with E-state index in [1.54, 1.807) is 0 Å². The molecular weight excluding hydrogens is 248 g/mol. The summed E-state index contributed by atoms with van der Waals surface area (Å²) in [6, 6.07) is 0. The van der Waals surface area contributed by atoms with Gasteiger partial charge in [0.2, 0.25) is 0 Å². The number of nitrogens with one attached hydrogen (secondary N) is 1. The van der Waals surface area contributed by atoms with Crippen LogP contribution in [0.15, 0.2) is 0 Å². The second-order valence-electron chi connectivity index (χ2n) is 7.43. The van der Waals surface area contributed by atoms with E-state index in [-0.39, 0.29) is 5.54 Å². The molecule has 1 heterocycles. The monoisotopic (exact) mass is 278 g/mol. The van der Waals surface area contributed by atoms with E-state index in [0.717, 1.165) is 32.1 Å². The van der Waals surface area contributed by atoms with Crippen molar-refractivity contribution >= 4 is 0 Å². The van der Waals surface area contributed by atoms with Crippen LogP contribution in [0.25, 0.3) is 0 Å².